The summed E-state index contributed by atoms with van der Waals surface area (Å²) in [6.45, 7) is 2.99. The Morgan fingerprint density at radius 3 is 2.43 bits per heavy atom. The molecule has 0 radical (unpaired) electrons. The summed E-state index contributed by atoms with van der Waals surface area (Å²) in [5.74, 6) is -0.698. The number of carbonyl (C=O) groups is 1. The minimum absolute atomic E-state index is 0.272. The number of hydrogen-bond donors (Lipinski definition) is 2. The first-order valence-electron chi connectivity index (χ1n) is 11.6. The van der Waals surface area contributed by atoms with Gasteiger partial charge in [-0.2, -0.15) is 5.10 Å². The fourth-order valence-corrected chi connectivity index (χ4v) is 5.03. The molecule has 6 heteroatoms. The van der Waals surface area contributed by atoms with Gasteiger partial charge in [0.25, 0.3) is 0 Å². The molecule has 2 heterocycles. The van der Waals surface area contributed by atoms with Crippen LogP contribution in [0.5, 0.6) is 5.75 Å². The fraction of sp³-hybridized carbons (Fsp3) is 0.172. The maximum Gasteiger partial charge on any atom is 0.328 e. The monoisotopic (exact) mass is 465 g/mol. The van der Waals surface area contributed by atoms with Gasteiger partial charge in [-0.3, -0.25) is 4.68 Å². The molecule has 3 aromatic carbocycles. The maximum absolute atomic E-state index is 10.9. The summed E-state index contributed by atoms with van der Waals surface area (Å²) in [4.78, 5) is 13.3. The quantitative estimate of drug-likeness (QED) is 0.395. The molecule has 1 aliphatic rings. The third kappa shape index (κ3) is 4.19. The van der Waals surface area contributed by atoms with E-state index >= 15 is 0 Å². The third-order valence-corrected chi connectivity index (χ3v) is 6.84. The van der Waals surface area contributed by atoms with Crippen LogP contribution in [0, 0.1) is 0 Å². The van der Waals surface area contributed by atoms with E-state index < -0.39 is 11.5 Å². The van der Waals surface area contributed by atoms with E-state index in [1.165, 1.54) is 0 Å². The van der Waals surface area contributed by atoms with Crippen molar-refractivity contribution in [3.8, 4) is 17.0 Å². The number of aromatic hydroxyl groups is 1. The molecule has 5 rings (SSSR count). The number of phenolic OH excluding ortho intramolecular Hbond substituents is 1. The zero-order valence-electron chi connectivity index (χ0n) is 19.7. The summed E-state index contributed by atoms with van der Waals surface area (Å²) >= 11 is 0. The van der Waals surface area contributed by atoms with Crippen LogP contribution >= 0.6 is 0 Å². The minimum Gasteiger partial charge on any atom is -0.508 e. The van der Waals surface area contributed by atoms with Crippen LogP contribution in [0.15, 0.2) is 85.1 Å². The standard InChI is InChI=1S/C29H27N3O3/c1-29(23-8-3-20(4-9-23)5-14-28(34)35)26-13-12-25(33)19-22(26)15-18-32(29)24-10-6-21(7-11-24)27-16-17-31(2)30-27/h3-14,16-17,19,33H,15,18H2,1-2H3,(H,34,35). The second-order valence-corrected chi connectivity index (χ2v) is 9.03. The number of fused-ring (bicyclic) bond motifs is 1. The van der Waals surface area contributed by atoms with E-state index in [1.54, 1.807) is 16.8 Å². The molecule has 0 spiro atoms. The van der Waals surface area contributed by atoms with Gasteiger partial charge < -0.3 is 15.1 Å². The van der Waals surface area contributed by atoms with Crippen molar-refractivity contribution in [3.05, 3.63) is 107 Å². The Morgan fingerprint density at radius 2 is 1.77 bits per heavy atom. The van der Waals surface area contributed by atoms with Crippen LogP contribution in [-0.2, 0) is 23.8 Å². The number of anilines is 1. The number of nitrogens with zero attached hydrogens (tertiary/aromatic N) is 3. The van der Waals surface area contributed by atoms with Crippen LogP contribution in [0.1, 0.15) is 29.2 Å². The molecule has 176 valence electrons. The van der Waals surface area contributed by atoms with Crippen molar-refractivity contribution in [2.45, 2.75) is 18.9 Å². The minimum atomic E-state index is -0.970. The van der Waals surface area contributed by atoms with E-state index in [2.05, 4.69) is 53.3 Å². The molecule has 0 bridgehead atoms. The average molecular weight is 466 g/mol. The Labute approximate surface area is 204 Å². The summed E-state index contributed by atoms with van der Waals surface area (Å²) in [6.07, 6.45) is 5.49. The van der Waals surface area contributed by atoms with Gasteiger partial charge in [0.2, 0.25) is 0 Å². The van der Waals surface area contributed by atoms with E-state index in [9.17, 15) is 9.90 Å². The van der Waals surface area contributed by atoms with Crippen molar-refractivity contribution in [1.29, 1.82) is 0 Å². The summed E-state index contributed by atoms with van der Waals surface area (Å²) in [5.41, 5.74) is 6.80. The second kappa shape index (κ2) is 8.80. The molecule has 0 saturated carbocycles. The predicted molar refractivity (Wildman–Crippen MR) is 137 cm³/mol. The van der Waals surface area contributed by atoms with Gasteiger partial charge in [-0.25, -0.2) is 4.79 Å². The molecule has 2 N–H and O–H groups in total. The van der Waals surface area contributed by atoms with Gasteiger partial charge in [0.1, 0.15) is 5.75 Å². The molecule has 1 unspecified atom stereocenters. The van der Waals surface area contributed by atoms with Gasteiger partial charge in [-0.05, 0) is 72.0 Å². The first-order chi connectivity index (χ1) is 16.8. The first-order valence-corrected chi connectivity index (χ1v) is 11.6. The van der Waals surface area contributed by atoms with Crippen molar-refractivity contribution < 1.29 is 15.0 Å². The Hall–Kier alpha value is -4.32. The van der Waals surface area contributed by atoms with Crippen molar-refractivity contribution in [1.82, 2.24) is 9.78 Å². The first kappa shape index (κ1) is 22.5. The topological polar surface area (TPSA) is 78.6 Å². The lowest BCUT2D eigenvalue weighted by molar-refractivity contribution is -0.131. The molecule has 0 fully saturated rings. The number of carboxylic acids is 1. The number of aromatic nitrogens is 2. The zero-order valence-corrected chi connectivity index (χ0v) is 19.7. The largest absolute Gasteiger partial charge is 0.508 e. The number of hydrogen-bond acceptors (Lipinski definition) is 4. The van der Waals surface area contributed by atoms with Crippen LogP contribution in [-0.4, -0.2) is 32.5 Å². The number of benzene rings is 3. The summed E-state index contributed by atoms with van der Waals surface area (Å²) in [7, 11) is 1.91. The van der Waals surface area contributed by atoms with Crippen molar-refractivity contribution in [2.75, 3.05) is 11.4 Å². The Bertz CT molecular complexity index is 1400. The van der Waals surface area contributed by atoms with Gasteiger partial charge in [-0.15, -0.1) is 0 Å². The van der Waals surface area contributed by atoms with Gasteiger partial charge >= 0.3 is 5.97 Å². The number of phenols is 1. The van der Waals surface area contributed by atoms with Crippen LogP contribution < -0.4 is 4.90 Å². The Morgan fingerprint density at radius 1 is 1.03 bits per heavy atom. The highest BCUT2D eigenvalue weighted by Gasteiger charge is 2.40. The van der Waals surface area contributed by atoms with Crippen molar-refractivity contribution in [2.24, 2.45) is 7.05 Å². The summed E-state index contributed by atoms with van der Waals surface area (Å²) in [5, 5.41) is 23.6. The number of carboxylic acid groups (broad SMARTS) is 1. The van der Waals surface area contributed by atoms with Crippen LogP contribution in [0.4, 0.5) is 5.69 Å². The molecule has 4 aromatic rings. The second-order valence-electron chi connectivity index (χ2n) is 9.03. The third-order valence-electron chi connectivity index (χ3n) is 6.84. The van der Waals surface area contributed by atoms with Gasteiger partial charge in [0, 0.05) is 37.1 Å². The number of aliphatic carboxylic acids is 1. The number of rotatable bonds is 5. The zero-order chi connectivity index (χ0) is 24.6. The molecule has 0 amide bonds. The Balaban J connectivity index is 1.57. The van der Waals surface area contributed by atoms with Gasteiger partial charge in [0.05, 0.1) is 11.2 Å². The molecule has 0 aliphatic carbocycles. The molecule has 1 aliphatic heterocycles. The lowest BCUT2D eigenvalue weighted by Crippen LogP contribution is -2.49. The van der Waals surface area contributed by atoms with E-state index in [1.807, 2.05) is 43.6 Å². The molecular formula is C29H27N3O3. The van der Waals surface area contributed by atoms with E-state index in [4.69, 9.17) is 5.11 Å². The lowest BCUT2D eigenvalue weighted by atomic mass is 9.76. The molecule has 6 nitrogen and oxygen atoms in total. The highest BCUT2D eigenvalue weighted by molar-refractivity contribution is 5.85. The molecule has 0 saturated heterocycles. The predicted octanol–water partition coefficient (Wildman–Crippen LogP) is 5.22. The molecule has 35 heavy (non-hydrogen) atoms. The van der Waals surface area contributed by atoms with Crippen molar-refractivity contribution in [3.63, 3.8) is 0 Å². The van der Waals surface area contributed by atoms with E-state index in [0.29, 0.717) is 0 Å². The van der Waals surface area contributed by atoms with Gasteiger partial charge in [0.15, 0.2) is 0 Å². The maximum atomic E-state index is 10.9. The van der Waals surface area contributed by atoms with Crippen LogP contribution in [0.3, 0.4) is 0 Å². The highest BCUT2D eigenvalue weighted by atomic mass is 16.4. The van der Waals surface area contributed by atoms with Crippen molar-refractivity contribution >= 4 is 17.7 Å². The van der Waals surface area contributed by atoms with Crippen LogP contribution in [0.25, 0.3) is 17.3 Å². The lowest BCUT2D eigenvalue weighted by Gasteiger charge is -2.48. The smallest absolute Gasteiger partial charge is 0.328 e. The van der Waals surface area contributed by atoms with Gasteiger partial charge in [-0.1, -0.05) is 42.5 Å². The Kier molecular flexibility index (Phi) is 5.65. The SMILES string of the molecule is Cn1ccc(-c2ccc(N3CCc4cc(O)ccc4C3(C)c3ccc(C=CC(=O)O)cc3)cc2)n1. The van der Waals surface area contributed by atoms with E-state index in [0.717, 1.165) is 58.2 Å². The molecular weight excluding hydrogens is 438 g/mol. The fourth-order valence-electron chi connectivity index (χ4n) is 5.03. The highest BCUT2D eigenvalue weighted by Crippen LogP contribution is 2.44. The molecule has 1 atom stereocenters. The van der Waals surface area contributed by atoms with Crippen LogP contribution in [0.2, 0.25) is 0 Å². The number of aryl methyl sites for hydroxylation is 1. The molecule has 1 aromatic heterocycles. The summed E-state index contributed by atoms with van der Waals surface area (Å²) < 4.78 is 1.80. The average Bonchev–Trinajstić information content (AvgIpc) is 3.29. The van der Waals surface area contributed by atoms with E-state index in [-0.39, 0.29) is 5.75 Å². The normalized spacial score (nSPS) is 17.5. The summed E-state index contributed by atoms with van der Waals surface area (Å²) in [6, 6.07) is 24.1.